The van der Waals surface area contributed by atoms with E-state index in [9.17, 15) is 14.7 Å². The van der Waals surface area contributed by atoms with E-state index in [0.29, 0.717) is 23.1 Å². The van der Waals surface area contributed by atoms with Gasteiger partial charge < -0.3 is 10.4 Å². The second kappa shape index (κ2) is 8.92. The molecule has 0 aliphatic heterocycles. The number of rotatable bonds is 7. The summed E-state index contributed by atoms with van der Waals surface area (Å²) in [5.41, 5.74) is 2.46. The molecule has 0 fully saturated rings. The van der Waals surface area contributed by atoms with Crippen LogP contribution in [-0.2, 0) is 6.42 Å². The zero-order valence-electron chi connectivity index (χ0n) is 14.8. The normalized spacial score (nSPS) is 11.6. The molecule has 3 aromatic rings. The van der Waals surface area contributed by atoms with E-state index in [2.05, 4.69) is 5.32 Å². The minimum absolute atomic E-state index is 0.131. The highest BCUT2D eigenvalue weighted by molar-refractivity contribution is 6.10. The molecule has 0 aliphatic rings. The molecule has 27 heavy (non-hydrogen) atoms. The lowest BCUT2D eigenvalue weighted by Crippen LogP contribution is -2.39. The van der Waals surface area contributed by atoms with Crippen molar-refractivity contribution in [3.63, 3.8) is 0 Å². The first-order valence-electron chi connectivity index (χ1n) is 8.83. The largest absolute Gasteiger partial charge is 0.394 e. The molecule has 0 saturated heterocycles. The van der Waals surface area contributed by atoms with Crippen molar-refractivity contribution in [2.75, 3.05) is 6.61 Å². The summed E-state index contributed by atoms with van der Waals surface area (Å²) in [5.74, 6) is -0.444. The number of aliphatic hydroxyl groups excluding tert-OH is 1. The number of hydrogen-bond acceptors (Lipinski definition) is 3. The molecule has 0 aromatic heterocycles. The average Bonchev–Trinajstić information content (AvgIpc) is 2.74. The summed E-state index contributed by atoms with van der Waals surface area (Å²) in [7, 11) is 0. The van der Waals surface area contributed by atoms with Gasteiger partial charge in [-0.25, -0.2) is 0 Å². The van der Waals surface area contributed by atoms with Crippen molar-refractivity contribution >= 4 is 11.7 Å². The van der Waals surface area contributed by atoms with Crippen molar-refractivity contribution in [2.24, 2.45) is 0 Å². The maximum atomic E-state index is 12.6. The third-order valence-electron chi connectivity index (χ3n) is 4.30. The van der Waals surface area contributed by atoms with Crippen LogP contribution in [0.25, 0.3) is 0 Å². The lowest BCUT2D eigenvalue weighted by Gasteiger charge is -2.16. The highest BCUT2D eigenvalue weighted by atomic mass is 16.3. The second-order valence-corrected chi connectivity index (χ2v) is 6.32. The monoisotopic (exact) mass is 359 g/mol. The number of hydrogen-bond donors (Lipinski definition) is 2. The Morgan fingerprint density at radius 3 is 2.04 bits per heavy atom. The van der Waals surface area contributed by atoms with Crippen molar-refractivity contribution in [1.29, 1.82) is 0 Å². The van der Waals surface area contributed by atoms with Crippen molar-refractivity contribution in [3.05, 3.63) is 107 Å². The van der Waals surface area contributed by atoms with E-state index in [1.807, 2.05) is 36.4 Å². The van der Waals surface area contributed by atoms with Crippen LogP contribution in [0.4, 0.5) is 0 Å². The van der Waals surface area contributed by atoms with Gasteiger partial charge in [-0.15, -0.1) is 0 Å². The molecule has 0 radical (unpaired) electrons. The Hall–Kier alpha value is -3.24. The molecule has 2 N–H and O–H groups in total. The number of carbonyl (C=O) groups is 2. The van der Waals surface area contributed by atoms with Gasteiger partial charge in [0.2, 0.25) is 0 Å². The summed E-state index contributed by atoms with van der Waals surface area (Å²) < 4.78 is 0. The van der Waals surface area contributed by atoms with Crippen LogP contribution in [0.15, 0.2) is 84.9 Å². The molecule has 0 bridgehead atoms. The minimum atomic E-state index is -0.395. The predicted molar refractivity (Wildman–Crippen MR) is 105 cm³/mol. The van der Waals surface area contributed by atoms with Gasteiger partial charge in [0.05, 0.1) is 12.6 Å². The molecule has 0 heterocycles. The van der Waals surface area contributed by atoms with Crippen LogP contribution in [-0.4, -0.2) is 29.4 Å². The molecule has 0 aliphatic carbocycles. The number of amides is 1. The van der Waals surface area contributed by atoms with Gasteiger partial charge in [-0.3, -0.25) is 9.59 Å². The summed E-state index contributed by atoms with van der Waals surface area (Å²) >= 11 is 0. The van der Waals surface area contributed by atoms with Gasteiger partial charge in [-0.1, -0.05) is 72.8 Å². The number of aliphatic hydroxyl groups is 1. The highest BCUT2D eigenvalue weighted by Crippen LogP contribution is 2.12. The van der Waals surface area contributed by atoms with Crippen LogP contribution < -0.4 is 5.32 Å². The van der Waals surface area contributed by atoms with Gasteiger partial charge in [-0.2, -0.15) is 0 Å². The van der Waals surface area contributed by atoms with Crippen molar-refractivity contribution in [2.45, 2.75) is 12.5 Å². The van der Waals surface area contributed by atoms with Crippen LogP contribution in [0, 0.1) is 0 Å². The molecular formula is C23H21NO3. The second-order valence-electron chi connectivity index (χ2n) is 6.32. The van der Waals surface area contributed by atoms with E-state index in [0.717, 1.165) is 5.56 Å². The molecule has 136 valence electrons. The Bertz CT molecular complexity index is 907. The van der Waals surface area contributed by atoms with E-state index in [1.165, 1.54) is 0 Å². The highest BCUT2D eigenvalue weighted by Gasteiger charge is 2.16. The molecule has 0 spiro atoms. The van der Waals surface area contributed by atoms with Crippen molar-refractivity contribution < 1.29 is 14.7 Å². The van der Waals surface area contributed by atoms with Gasteiger partial charge in [-0.05, 0) is 24.1 Å². The Morgan fingerprint density at radius 1 is 0.778 bits per heavy atom. The summed E-state index contributed by atoms with van der Waals surface area (Å²) in [5, 5.41) is 12.4. The Labute approximate surface area is 158 Å². The zero-order chi connectivity index (χ0) is 19.1. The third-order valence-corrected chi connectivity index (χ3v) is 4.30. The van der Waals surface area contributed by atoms with E-state index < -0.39 is 6.04 Å². The van der Waals surface area contributed by atoms with Gasteiger partial charge in [0, 0.05) is 16.7 Å². The molecule has 3 rings (SSSR count). The Morgan fingerprint density at radius 2 is 1.37 bits per heavy atom. The lowest BCUT2D eigenvalue weighted by molar-refractivity contribution is 0.0916. The average molecular weight is 359 g/mol. The number of carbonyl (C=O) groups excluding carboxylic acids is 2. The van der Waals surface area contributed by atoms with E-state index in [-0.39, 0.29) is 18.3 Å². The van der Waals surface area contributed by atoms with Crippen LogP contribution in [0.3, 0.4) is 0 Å². The first-order valence-corrected chi connectivity index (χ1v) is 8.83. The number of nitrogens with one attached hydrogen (secondary N) is 1. The van der Waals surface area contributed by atoms with Gasteiger partial charge >= 0.3 is 0 Å². The minimum Gasteiger partial charge on any atom is -0.394 e. The molecule has 3 aromatic carbocycles. The van der Waals surface area contributed by atoms with Crippen molar-refractivity contribution in [1.82, 2.24) is 5.32 Å². The molecule has 0 saturated carbocycles. The summed E-state index contributed by atoms with van der Waals surface area (Å²) in [6, 6.07) is 24.9. The molecular weight excluding hydrogens is 338 g/mol. The van der Waals surface area contributed by atoms with E-state index >= 15 is 0 Å². The summed E-state index contributed by atoms with van der Waals surface area (Å²) in [6.07, 6.45) is 0.533. The molecule has 4 nitrogen and oxygen atoms in total. The predicted octanol–water partition coefficient (Wildman–Crippen LogP) is 3.25. The van der Waals surface area contributed by atoms with E-state index in [1.54, 1.807) is 48.5 Å². The first kappa shape index (κ1) is 18.5. The maximum Gasteiger partial charge on any atom is 0.251 e. The zero-order valence-corrected chi connectivity index (χ0v) is 14.8. The van der Waals surface area contributed by atoms with Gasteiger partial charge in [0.25, 0.3) is 5.91 Å². The fraction of sp³-hybridized carbons (Fsp3) is 0.130. The van der Waals surface area contributed by atoms with Crippen LogP contribution in [0.1, 0.15) is 31.8 Å². The standard InChI is InChI=1S/C23H21NO3/c25-16-21(14-17-8-3-1-4-9-17)24-23(27)20-13-7-12-19(15-20)22(26)18-10-5-2-6-11-18/h1-13,15,21,25H,14,16H2,(H,24,27)/t21-/m0/s1. The summed E-state index contributed by atoms with van der Waals surface area (Å²) in [4.78, 5) is 25.2. The van der Waals surface area contributed by atoms with Crippen LogP contribution in [0.5, 0.6) is 0 Å². The van der Waals surface area contributed by atoms with Crippen LogP contribution in [0.2, 0.25) is 0 Å². The molecule has 0 unspecified atom stereocenters. The SMILES string of the molecule is O=C(N[C@H](CO)Cc1ccccc1)c1cccc(C(=O)c2ccccc2)c1. The molecule has 1 amide bonds. The smallest absolute Gasteiger partial charge is 0.251 e. The fourth-order valence-corrected chi connectivity index (χ4v) is 2.89. The third kappa shape index (κ3) is 4.90. The van der Waals surface area contributed by atoms with Crippen molar-refractivity contribution in [3.8, 4) is 0 Å². The van der Waals surface area contributed by atoms with Gasteiger partial charge in [0.1, 0.15) is 0 Å². The lowest BCUT2D eigenvalue weighted by atomic mass is 10.0. The molecule has 1 atom stereocenters. The number of ketones is 1. The van der Waals surface area contributed by atoms with Gasteiger partial charge in [0.15, 0.2) is 5.78 Å². The summed E-state index contributed by atoms with van der Waals surface area (Å²) in [6.45, 7) is -0.163. The molecule has 4 heteroatoms. The fourth-order valence-electron chi connectivity index (χ4n) is 2.89. The Balaban J connectivity index is 1.72. The maximum absolute atomic E-state index is 12.6. The van der Waals surface area contributed by atoms with E-state index in [4.69, 9.17) is 0 Å². The Kier molecular flexibility index (Phi) is 6.13. The first-order chi connectivity index (χ1) is 13.2. The topological polar surface area (TPSA) is 66.4 Å². The van der Waals surface area contributed by atoms with Crippen LogP contribution >= 0.6 is 0 Å². The number of benzene rings is 3. The quantitative estimate of drug-likeness (QED) is 0.637.